The minimum absolute atomic E-state index is 0.286. The summed E-state index contributed by atoms with van der Waals surface area (Å²) < 4.78 is 15.9. The molecule has 2 rings (SSSR count). The minimum Gasteiger partial charge on any atom is -0.496 e. The van der Waals surface area contributed by atoms with Gasteiger partial charge in [-0.15, -0.1) is 0 Å². The van der Waals surface area contributed by atoms with Crippen LogP contribution < -0.4 is 19.9 Å². The van der Waals surface area contributed by atoms with Crippen LogP contribution in [-0.2, 0) is 6.54 Å². The van der Waals surface area contributed by atoms with Gasteiger partial charge in [-0.2, -0.15) is 5.10 Å². The molecule has 3 N–H and O–H groups in total. The van der Waals surface area contributed by atoms with Crippen LogP contribution >= 0.6 is 0 Å². The van der Waals surface area contributed by atoms with Crippen molar-refractivity contribution in [3.05, 3.63) is 18.0 Å². The third kappa shape index (κ3) is 2.45. The Balaban J connectivity index is 2.59. The van der Waals surface area contributed by atoms with Crippen molar-refractivity contribution in [2.45, 2.75) is 6.54 Å². The van der Waals surface area contributed by atoms with Crippen molar-refractivity contribution in [1.29, 1.82) is 0 Å². The second-order valence-corrected chi connectivity index (χ2v) is 3.72. The SMILES string of the molecule is COc1cc(OC)c(-c2n[nH]c(CN)n2)c(OC)c1. The number of aromatic amines is 1. The molecule has 0 aliphatic heterocycles. The molecular formula is C12H16N4O3. The maximum absolute atomic E-state index is 5.51. The topological polar surface area (TPSA) is 95.3 Å². The summed E-state index contributed by atoms with van der Waals surface area (Å²) in [5, 5.41) is 6.87. The monoisotopic (exact) mass is 264 g/mol. The zero-order chi connectivity index (χ0) is 13.8. The zero-order valence-corrected chi connectivity index (χ0v) is 11.1. The molecule has 0 fully saturated rings. The van der Waals surface area contributed by atoms with Crippen LogP contribution in [0.25, 0.3) is 11.4 Å². The molecule has 0 amide bonds. The standard InChI is InChI=1S/C12H16N4O3/c1-17-7-4-8(18-2)11(9(5-7)19-3)12-14-10(6-13)15-16-12/h4-5H,6,13H2,1-3H3,(H,14,15,16). The summed E-state index contributed by atoms with van der Waals surface area (Å²) in [5.74, 6) is 2.83. The van der Waals surface area contributed by atoms with E-state index in [2.05, 4.69) is 15.2 Å². The fraction of sp³-hybridized carbons (Fsp3) is 0.333. The average Bonchev–Trinajstić information content (AvgIpc) is 2.94. The lowest BCUT2D eigenvalue weighted by molar-refractivity contribution is 0.377. The first-order valence-corrected chi connectivity index (χ1v) is 5.65. The molecule has 0 atom stereocenters. The van der Waals surface area contributed by atoms with E-state index in [0.29, 0.717) is 34.5 Å². The molecule has 0 aliphatic carbocycles. The summed E-state index contributed by atoms with van der Waals surface area (Å²) in [6.07, 6.45) is 0. The number of hydrogen-bond donors (Lipinski definition) is 2. The first-order valence-electron chi connectivity index (χ1n) is 5.65. The molecule has 1 aromatic heterocycles. The van der Waals surface area contributed by atoms with E-state index in [1.54, 1.807) is 33.5 Å². The molecule has 2 aromatic rings. The summed E-state index contributed by atoms with van der Waals surface area (Å²) in [4.78, 5) is 4.28. The number of nitrogens with zero attached hydrogens (tertiary/aromatic N) is 2. The van der Waals surface area contributed by atoms with Crippen LogP contribution in [0.4, 0.5) is 0 Å². The number of nitrogens with one attached hydrogen (secondary N) is 1. The number of benzene rings is 1. The normalized spacial score (nSPS) is 10.3. The third-order valence-corrected chi connectivity index (χ3v) is 2.66. The summed E-state index contributed by atoms with van der Waals surface area (Å²) in [7, 11) is 4.70. The van der Waals surface area contributed by atoms with E-state index < -0.39 is 0 Å². The fourth-order valence-corrected chi connectivity index (χ4v) is 1.72. The van der Waals surface area contributed by atoms with Crippen LogP contribution in [0.2, 0.25) is 0 Å². The van der Waals surface area contributed by atoms with Crippen molar-refractivity contribution in [2.24, 2.45) is 5.73 Å². The van der Waals surface area contributed by atoms with Crippen molar-refractivity contribution in [2.75, 3.05) is 21.3 Å². The Labute approximate surface area is 110 Å². The smallest absolute Gasteiger partial charge is 0.188 e. The molecule has 1 heterocycles. The Kier molecular flexibility index (Phi) is 3.86. The minimum atomic E-state index is 0.286. The van der Waals surface area contributed by atoms with Gasteiger partial charge in [0.05, 0.1) is 27.9 Å². The number of hydrogen-bond acceptors (Lipinski definition) is 6. The van der Waals surface area contributed by atoms with Crippen LogP contribution in [0.1, 0.15) is 5.82 Å². The van der Waals surface area contributed by atoms with Gasteiger partial charge in [0.15, 0.2) is 5.82 Å². The predicted octanol–water partition coefficient (Wildman–Crippen LogP) is 0.956. The molecule has 0 radical (unpaired) electrons. The molecule has 19 heavy (non-hydrogen) atoms. The van der Waals surface area contributed by atoms with Crippen LogP contribution in [0.15, 0.2) is 12.1 Å². The molecule has 0 spiro atoms. The van der Waals surface area contributed by atoms with Gasteiger partial charge in [0.2, 0.25) is 0 Å². The number of ether oxygens (including phenoxy) is 3. The molecular weight excluding hydrogens is 248 g/mol. The van der Waals surface area contributed by atoms with E-state index in [1.807, 2.05) is 0 Å². The molecule has 0 bridgehead atoms. The predicted molar refractivity (Wildman–Crippen MR) is 69.4 cm³/mol. The van der Waals surface area contributed by atoms with Gasteiger partial charge in [-0.3, -0.25) is 5.10 Å². The second kappa shape index (κ2) is 5.57. The Bertz CT molecular complexity index is 543. The average molecular weight is 264 g/mol. The Morgan fingerprint density at radius 2 is 1.74 bits per heavy atom. The van der Waals surface area contributed by atoms with Crippen molar-refractivity contribution < 1.29 is 14.2 Å². The van der Waals surface area contributed by atoms with Gasteiger partial charge in [-0.1, -0.05) is 0 Å². The van der Waals surface area contributed by atoms with E-state index in [9.17, 15) is 0 Å². The number of nitrogens with two attached hydrogens (primary N) is 1. The zero-order valence-electron chi connectivity index (χ0n) is 11.1. The van der Waals surface area contributed by atoms with Gasteiger partial charge in [0.1, 0.15) is 28.6 Å². The largest absolute Gasteiger partial charge is 0.496 e. The highest BCUT2D eigenvalue weighted by Gasteiger charge is 2.18. The molecule has 1 aromatic carbocycles. The Hall–Kier alpha value is -2.28. The number of H-pyrrole nitrogens is 1. The van der Waals surface area contributed by atoms with Crippen molar-refractivity contribution >= 4 is 0 Å². The van der Waals surface area contributed by atoms with Crippen molar-refractivity contribution in [3.63, 3.8) is 0 Å². The summed E-state index contributed by atoms with van der Waals surface area (Å²) in [6, 6.07) is 3.49. The van der Waals surface area contributed by atoms with Crippen LogP contribution in [0, 0.1) is 0 Å². The van der Waals surface area contributed by atoms with Gasteiger partial charge in [0.25, 0.3) is 0 Å². The Morgan fingerprint density at radius 1 is 1.11 bits per heavy atom. The lowest BCUT2D eigenvalue weighted by Crippen LogP contribution is -1.98. The van der Waals surface area contributed by atoms with Crippen LogP contribution in [-0.4, -0.2) is 36.5 Å². The molecule has 0 saturated carbocycles. The van der Waals surface area contributed by atoms with E-state index in [4.69, 9.17) is 19.9 Å². The molecule has 7 nitrogen and oxygen atoms in total. The molecule has 0 aliphatic rings. The third-order valence-electron chi connectivity index (χ3n) is 2.66. The maximum atomic E-state index is 5.51. The highest BCUT2D eigenvalue weighted by molar-refractivity contribution is 5.73. The summed E-state index contributed by atoms with van der Waals surface area (Å²) in [5.41, 5.74) is 6.17. The lowest BCUT2D eigenvalue weighted by atomic mass is 10.1. The van der Waals surface area contributed by atoms with Crippen molar-refractivity contribution in [3.8, 4) is 28.6 Å². The lowest BCUT2D eigenvalue weighted by Gasteiger charge is -2.12. The van der Waals surface area contributed by atoms with E-state index >= 15 is 0 Å². The summed E-state index contributed by atoms with van der Waals surface area (Å²) >= 11 is 0. The second-order valence-electron chi connectivity index (χ2n) is 3.72. The van der Waals surface area contributed by atoms with E-state index in [1.165, 1.54) is 0 Å². The molecule has 0 saturated heterocycles. The first-order chi connectivity index (χ1) is 9.23. The number of methoxy groups -OCH3 is 3. The van der Waals surface area contributed by atoms with E-state index in [-0.39, 0.29) is 6.54 Å². The van der Waals surface area contributed by atoms with Crippen LogP contribution in [0.5, 0.6) is 17.2 Å². The fourth-order valence-electron chi connectivity index (χ4n) is 1.72. The molecule has 102 valence electrons. The number of rotatable bonds is 5. The van der Waals surface area contributed by atoms with Gasteiger partial charge in [-0.25, -0.2) is 4.98 Å². The quantitative estimate of drug-likeness (QED) is 0.835. The van der Waals surface area contributed by atoms with Gasteiger partial charge >= 0.3 is 0 Å². The van der Waals surface area contributed by atoms with Gasteiger partial charge < -0.3 is 19.9 Å². The first kappa shape index (κ1) is 13.2. The Morgan fingerprint density at radius 3 is 2.16 bits per heavy atom. The summed E-state index contributed by atoms with van der Waals surface area (Å²) in [6.45, 7) is 0.286. The van der Waals surface area contributed by atoms with Crippen molar-refractivity contribution in [1.82, 2.24) is 15.2 Å². The highest BCUT2D eigenvalue weighted by atomic mass is 16.5. The maximum Gasteiger partial charge on any atom is 0.188 e. The van der Waals surface area contributed by atoms with Gasteiger partial charge in [-0.05, 0) is 0 Å². The molecule has 0 unspecified atom stereocenters. The van der Waals surface area contributed by atoms with Gasteiger partial charge in [0, 0.05) is 12.1 Å². The van der Waals surface area contributed by atoms with Crippen LogP contribution in [0.3, 0.4) is 0 Å². The van der Waals surface area contributed by atoms with E-state index in [0.717, 1.165) is 0 Å². The highest BCUT2D eigenvalue weighted by Crippen LogP contribution is 2.40. The molecule has 7 heteroatoms. The number of aromatic nitrogens is 3.